The number of aliphatic hydroxyl groups excluding tert-OH is 1. The molecule has 0 fully saturated rings. The van der Waals surface area contributed by atoms with Crippen LogP contribution in [0.5, 0.6) is 5.75 Å². The van der Waals surface area contributed by atoms with Crippen LogP contribution in [0.3, 0.4) is 0 Å². The monoisotopic (exact) mass is 273 g/mol. The molecule has 1 rings (SSSR count). The van der Waals surface area contributed by atoms with Gasteiger partial charge < -0.3 is 9.84 Å². The van der Waals surface area contributed by atoms with Crippen molar-refractivity contribution < 1.29 is 18.3 Å². The summed E-state index contributed by atoms with van der Waals surface area (Å²) in [6, 6.07) is 5.66. The van der Waals surface area contributed by atoms with Crippen molar-refractivity contribution in [3.8, 4) is 5.75 Å². The summed E-state index contributed by atoms with van der Waals surface area (Å²) in [6.45, 7) is 5.14. The lowest BCUT2D eigenvalue weighted by Crippen LogP contribution is -2.34. The molecule has 1 aromatic carbocycles. The zero-order chi connectivity index (χ0) is 13.8. The maximum Gasteiger partial charge on any atom is 0.240 e. The number of hydrogen-bond acceptors (Lipinski definition) is 4. The van der Waals surface area contributed by atoms with Crippen LogP contribution in [-0.4, -0.2) is 32.3 Å². The maximum atomic E-state index is 11.9. The van der Waals surface area contributed by atoms with Gasteiger partial charge in [0.1, 0.15) is 5.75 Å². The van der Waals surface area contributed by atoms with Crippen molar-refractivity contribution in [3.05, 3.63) is 24.3 Å². The Bertz CT molecular complexity index is 467. The number of ether oxygens (including phenoxy) is 1. The summed E-state index contributed by atoms with van der Waals surface area (Å²) in [5, 5.41) is 8.84. The van der Waals surface area contributed by atoms with Gasteiger partial charge in [-0.25, -0.2) is 13.1 Å². The molecule has 0 spiro atoms. The van der Waals surface area contributed by atoms with Crippen LogP contribution in [-0.2, 0) is 10.0 Å². The Balaban J connectivity index is 2.84. The summed E-state index contributed by atoms with van der Waals surface area (Å²) in [5.41, 5.74) is 0. The number of nitrogens with one attached hydrogen (secondary N) is 1. The van der Waals surface area contributed by atoms with Crippen molar-refractivity contribution in [2.24, 2.45) is 0 Å². The number of hydrogen-bond donors (Lipinski definition) is 2. The van der Waals surface area contributed by atoms with E-state index in [1.807, 2.05) is 13.8 Å². The molecule has 0 aliphatic rings. The molecule has 0 aliphatic carbocycles. The highest BCUT2D eigenvalue weighted by atomic mass is 32.2. The molecule has 0 bridgehead atoms. The van der Waals surface area contributed by atoms with Crippen LogP contribution < -0.4 is 9.46 Å². The van der Waals surface area contributed by atoms with E-state index in [2.05, 4.69) is 4.72 Å². The Morgan fingerprint density at radius 3 is 2.22 bits per heavy atom. The van der Waals surface area contributed by atoms with Crippen LogP contribution >= 0.6 is 0 Å². The van der Waals surface area contributed by atoms with Gasteiger partial charge in [0.25, 0.3) is 0 Å². The molecule has 102 valence electrons. The lowest BCUT2D eigenvalue weighted by atomic mass is 10.3. The molecule has 6 heteroatoms. The average Bonchev–Trinajstić information content (AvgIpc) is 2.28. The molecule has 0 aliphatic heterocycles. The third kappa shape index (κ3) is 4.29. The van der Waals surface area contributed by atoms with Crippen LogP contribution in [0, 0.1) is 0 Å². The lowest BCUT2D eigenvalue weighted by Gasteiger charge is -2.13. The van der Waals surface area contributed by atoms with E-state index in [0.29, 0.717) is 5.75 Å². The van der Waals surface area contributed by atoms with Gasteiger partial charge in [-0.05, 0) is 45.0 Å². The van der Waals surface area contributed by atoms with Gasteiger partial charge in [-0.2, -0.15) is 0 Å². The van der Waals surface area contributed by atoms with Gasteiger partial charge in [0, 0.05) is 6.04 Å². The average molecular weight is 273 g/mol. The molecular weight excluding hydrogens is 254 g/mol. The first-order chi connectivity index (χ1) is 8.35. The van der Waals surface area contributed by atoms with Crippen molar-refractivity contribution >= 4 is 10.0 Å². The van der Waals surface area contributed by atoms with Gasteiger partial charge in [0.15, 0.2) is 0 Å². The quantitative estimate of drug-likeness (QED) is 0.815. The fraction of sp³-hybridized carbons (Fsp3) is 0.500. The van der Waals surface area contributed by atoms with E-state index >= 15 is 0 Å². The number of sulfonamides is 1. The van der Waals surface area contributed by atoms with E-state index in [4.69, 9.17) is 9.84 Å². The van der Waals surface area contributed by atoms with E-state index in [-0.39, 0.29) is 17.6 Å². The van der Waals surface area contributed by atoms with Gasteiger partial charge >= 0.3 is 0 Å². The van der Waals surface area contributed by atoms with Crippen LogP contribution in [0.25, 0.3) is 0 Å². The van der Waals surface area contributed by atoms with E-state index in [0.717, 1.165) is 0 Å². The zero-order valence-electron chi connectivity index (χ0n) is 10.8. The third-order valence-corrected chi connectivity index (χ3v) is 3.74. The molecule has 18 heavy (non-hydrogen) atoms. The third-order valence-electron chi connectivity index (χ3n) is 2.14. The molecule has 0 heterocycles. The van der Waals surface area contributed by atoms with Crippen LogP contribution in [0.15, 0.2) is 29.2 Å². The van der Waals surface area contributed by atoms with E-state index < -0.39 is 16.1 Å². The highest BCUT2D eigenvalue weighted by Crippen LogP contribution is 2.17. The summed E-state index contributed by atoms with van der Waals surface area (Å²) in [7, 11) is -3.58. The Hall–Kier alpha value is -1.11. The minimum Gasteiger partial charge on any atom is -0.491 e. The van der Waals surface area contributed by atoms with E-state index in [1.165, 1.54) is 12.1 Å². The Morgan fingerprint density at radius 1 is 1.22 bits per heavy atom. The molecule has 1 aromatic rings. The maximum absolute atomic E-state index is 11.9. The second kappa shape index (κ2) is 6.17. The van der Waals surface area contributed by atoms with Crippen LogP contribution in [0.4, 0.5) is 0 Å². The summed E-state index contributed by atoms with van der Waals surface area (Å²) in [5.74, 6) is 0.624. The standard InChI is InChI=1S/C12H19NO4S/c1-9(2)17-11-4-6-12(7-5-11)18(15,16)13-10(3)8-14/h4-7,9-10,13-14H,8H2,1-3H3. The Kier molecular flexibility index (Phi) is 5.13. The van der Waals surface area contributed by atoms with Crippen LogP contribution in [0.2, 0.25) is 0 Å². The Morgan fingerprint density at radius 2 is 1.78 bits per heavy atom. The fourth-order valence-corrected chi connectivity index (χ4v) is 2.57. The molecule has 0 radical (unpaired) electrons. The smallest absolute Gasteiger partial charge is 0.240 e. The summed E-state index contributed by atoms with van der Waals surface area (Å²) in [6.07, 6.45) is 0.0417. The second-order valence-electron chi connectivity index (χ2n) is 4.34. The molecule has 2 N–H and O–H groups in total. The van der Waals surface area contributed by atoms with Crippen molar-refractivity contribution in [2.75, 3.05) is 6.61 Å². The first-order valence-electron chi connectivity index (χ1n) is 5.75. The van der Waals surface area contributed by atoms with Gasteiger partial charge in [0.05, 0.1) is 17.6 Å². The van der Waals surface area contributed by atoms with Crippen molar-refractivity contribution in [1.29, 1.82) is 0 Å². The van der Waals surface area contributed by atoms with Gasteiger partial charge in [-0.15, -0.1) is 0 Å². The minimum absolute atomic E-state index is 0.0417. The van der Waals surface area contributed by atoms with Gasteiger partial charge in [0.2, 0.25) is 10.0 Å². The normalized spacial score (nSPS) is 13.6. The highest BCUT2D eigenvalue weighted by molar-refractivity contribution is 7.89. The lowest BCUT2D eigenvalue weighted by molar-refractivity contribution is 0.242. The predicted molar refractivity (Wildman–Crippen MR) is 69.1 cm³/mol. The summed E-state index contributed by atoms with van der Waals surface area (Å²) >= 11 is 0. The van der Waals surface area contributed by atoms with Crippen molar-refractivity contribution in [3.63, 3.8) is 0 Å². The van der Waals surface area contributed by atoms with E-state index in [1.54, 1.807) is 19.1 Å². The molecule has 1 unspecified atom stereocenters. The SMILES string of the molecule is CC(CO)NS(=O)(=O)c1ccc(OC(C)C)cc1. The molecular formula is C12H19NO4S. The summed E-state index contributed by atoms with van der Waals surface area (Å²) in [4.78, 5) is 0.152. The topological polar surface area (TPSA) is 75.6 Å². The molecule has 0 aromatic heterocycles. The predicted octanol–water partition coefficient (Wildman–Crippen LogP) is 1.13. The zero-order valence-corrected chi connectivity index (χ0v) is 11.6. The first kappa shape index (κ1) is 14.9. The number of rotatable bonds is 6. The van der Waals surface area contributed by atoms with Crippen LogP contribution in [0.1, 0.15) is 20.8 Å². The molecule has 0 saturated carbocycles. The first-order valence-corrected chi connectivity index (χ1v) is 7.23. The minimum atomic E-state index is -3.58. The fourth-order valence-electron chi connectivity index (χ4n) is 1.34. The molecule has 1 atom stereocenters. The summed E-state index contributed by atoms with van der Waals surface area (Å²) < 4.78 is 31.5. The molecule has 0 amide bonds. The largest absolute Gasteiger partial charge is 0.491 e. The highest BCUT2D eigenvalue weighted by Gasteiger charge is 2.16. The van der Waals surface area contributed by atoms with Crippen molar-refractivity contribution in [1.82, 2.24) is 4.72 Å². The van der Waals surface area contributed by atoms with Gasteiger partial charge in [-0.3, -0.25) is 0 Å². The van der Waals surface area contributed by atoms with Crippen molar-refractivity contribution in [2.45, 2.75) is 37.8 Å². The molecule has 0 saturated heterocycles. The Labute approximate surface area is 108 Å². The second-order valence-corrected chi connectivity index (χ2v) is 6.06. The van der Waals surface area contributed by atoms with Gasteiger partial charge in [-0.1, -0.05) is 0 Å². The number of benzene rings is 1. The number of aliphatic hydroxyl groups is 1. The van der Waals surface area contributed by atoms with E-state index in [9.17, 15) is 8.42 Å². The molecule has 5 nitrogen and oxygen atoms in total.